The summed E-state index contributed by atoms with van der Waals surface area (Å²) in [6.45, 7) is 3.83. The van der Waals surface area contributed by atoms with Crippen LogP contribution >= 0.6 is 0 Å². The number of carboxylic acid groups (broad SMARTS) is 1. The minimum Gasteiger partial charge on any atom is -0.480 e. The largest absolute Gasteiger partial charge is 0.480 e. The van der Waals surface area contributed by atoms with Crippen molar-refractivity contribution < 1.29 is 19.2 Å². The number of nitrogens with zero attached hydrogens (tertiary/aromatic N) is 1. The summed E-state index contributed by atoms with van der Waals surface area (Å²) >= 11 is 0. The quantitative estimate of drug-likeness (QED) is 0.775. The number of rotatable bonds is 8. The smallest absolute Gasteiger partial charge is 0.326 e. The Hall–Kier alpha value is -2.63. The van der Waals surface area contributed by atoms with Crippen LogP contribution in [-0.2, 0) is 11.2 Å². The Balaban J connectivity index is 2.31. The number of benzene rings is 1. The average molecular weight is 330 g/mol. The highest BCUT2D eigenvalue weighted by Crippen LogP contribution is 2.26. The number of aryl methyl sites for hydroxylation is 1. The SMILES string of the molecule is CCCC[C@H](NC(=O)c1c(-c2ccccc2)noc1CC)C(=O)O. The molecule has 1 aromatic carbocycles. The molecule has 2 N–H and O–H groups in total. The Morgan fingerprint density at radius 3 is 2.54 bits per heavy atom. The van der Waals surface area contributed by atoms with Gasteiger partial charge in [-0.05, 0) is 6.42 Å². The van der Waals surface area contributed by atoms with Gasteiger partial charge in [0, 0.05) is 12.0 Å². The van der Waals surface area contributed by atoms with E-state index < -0.39 is 17.9 Å². The molecular formula is C18H22N2O4. The highest BCUT2D eigenvalue weighted by molar-refractivity contribution is 6.02. The van der Waals surface area contributed by atoms with Gasteiger partial charge in [-0.2, -0.15) is 0 Å². The van der Waals surface area contributed by atoms with Gasteiger partial charge in [0.15, 0.2) is 0 Å². The molecule has 0 aliphatic carbocycles. The molecule has 0 aliphatic rings. The minimum absolute atomic E-state index is 0.312. The molecule has 6 nitrogen and oxygen atoms in total. The van der Waals surface area contributed by atoms with Crippen LogP contribution < -0.4 is 5.32 Å². The third-order valence-corrected chi connectivity index (χ3v) is 3.81. The fourth-order valence-electron chi connectivity index (χ4n) is 2.49. The number of nitrogens with one attached hydrogen (secondary N) is 1. The second-order valence-electron chi connectivity index (χ2n) is 5.56. The molecule has 1 amide bonds. The van der Waals surface area contributed by atoms with E-state index in [9.17, 15) is 14.7 Å². The van der Waals surface area contributed by atoms with Crippen LogP contribution in [0.4, 0.5) is 0 Å². The van der Waals surface area contributed by atoms with E-state index in [1.165, 1.54) is 0 Å². The molecular weight excluding hydrogens is 308 g/mol. The van der Waals surface area contributed by atoms with Gasteiger partial charge in [-0.1, -0.05) is 62.2 Å². The lowest BCUT2D eigenvalue weighted by Gasteiger charge is -2.14. The second-order valence-corrected chi connectivity index (χ2v) is 5.56. The molecule has 24 heavy (non-hydrogen) atoms. The topological polar surface area (TPSA) is 92.4 Å². The van der Waals surface area contributed by atoms with E-state index in [-0.39, 0.29) is 0 Å². The van der Waals surface area contributed by atoms with Crippen LogP contribution in [-0.4, -0.2) is 28.2 Å². The highest BCUT2D eigenvalue weighted by atomic mass is 16.5. The number of hydrogen-bond acceptors (Lipinski definition) is 4. The zero-order valence-corrected chi connectivity index (χ0v) is 13.9. The summed E-state index contributed by atoms with van der Waals surface area (Å²) in [7, 11) is 0. The fourth-order valence-corrected chi connectivity index (χ4v) is 2.49. The van der Waals surface area contributed by atoms with Crippen LogP contribution in [0.2, 0.25) is 0 Å². The number of carboxylic acids is 1. The highest BCUT2D eigenvalue weighted by Gasteiger charge is 2.27. The van der Waals surface area contributed by atoms with Crippen molar-refractivity contribution in [1.29, 1.82) is 0 Å². The molecule has 0 aliphatic heterocycles. The summed E-state index contributed by atoms with van der Waals surface area (Å²) in [5, 5.41) is 15.9. The Labute approximate surface area is 140 Å². The van der Waals surface area contributed by atoms with Gasteiger partial charge in [0.05, 0.1) is 0 Å². The Bertz CT molecular complexity index is 694. The first-order valence-electron chi connectivity index (χ1n) is 8.16. The number of aliphatic carboxylic acids is 1. The van der Waals surface area contributed by atoms with Gasteiger partial charge in [0.25, 0.3) is 5.91 Å². The lowest BCUT2D eigenvalue weighted by Crippen LogP contribution is -2.41. The lowest BCUT2D eigenvalue weighted by molar-refractivity contribution is -0.139. The van der Waals surface area contributed by atoms with Crippen molar-refractivity contribution in [3.63, 3.8) is 0 Å². The molecule has 1 heterocycles. The van der Waals surface area contributed by atoms with Gasteiger partial charge in [-0.3, -0.25) is 4.79 Å². The molecule has 0 fully saturated rings. The molecule has 0 spiro atoms. The van der Waals surface area contributed by atoms with Crippen molar-refractivity contribution in [2.24, 2.45) is 0 Å². The van der Waals surface area contributed by atoms with Crippen LogP contribution in [0.3, 0.4) is 0 Å². The minimum atomic E-state index is -1.03. The zero-order valence-electron chi connectivity index (χ0n) is 13.9. The van der Waals surface area contributed by atoms with Crippen molar-refractivity contribution in [2.45, 2.75) is 45.6 Å². The third-order valence-electron chi connectivity index (χ3n) is 3.81. The summed E-state index contributed by atoms with van der Waals surface area (Å²) in [6.07, 6.45) is 2.48. The fraction of sp³-hybridized carbons (Fsp3) is 0.389. The molecule has 2 rings (SSSR count). The van der Waals surface area contributed by atoms with Gasteiger partial charge in [0.1, 0.15) is 23.1 Å². The summed E-state index contributed by atoms with van der Waals surface area (Å²) in [5.41, 5.74) is 1.50. The maximum atomic E-state index is 12.7. The first-order valence-corrected chi connectivity index (χ1v) is 8.16. The first-order chi connectivity index (χ1) is 11.6. The van der Waals surface area contributed by atoms with Gasteiger partial charge in [0.2, 0.25) is 0 Å². The van der Waals surface area contributed by atoms with Crippen molar-refractivity contribution in [2.75, 3.05) is 0 Å². The van der Waals surface area contributed by atoms with E-state index in [4.69, 9.17) is 4.52 Å². The van der Waals surface area contributed by atoms with E-state index in [1.54, 1.807) is 0 Å². The Morgan fingerprint density at radius 2 is 1.96 bits per heavy atom. The number of amides is 1. The van der Waals surface area contributed by atoms with E-state index >= 15 is 0 Å². The van der Waals surface area contributed by atoms with Crippen LogP contribution in [0.15, 0.2) is 34.9 Å². The molecule has 2 aromatic rings. The number of carbonyl (C=O) groups excluding carboxylic acids is 1. The number of hydrogen-bond donors (Lipinski definition) is 2. The molecule has 1 atom stereocenters. The zero-order chi connectivity index (χ0) is 17.5. The van der Waals surface area contributed by atoms with Gasteiger partial charge >= 0.3 is 5.97 Å². The summed E-state index contributed by atoms with van der Waals surface area (Å²) in [5.74, 6) is -1.05. The van der Waals surface area contributed by atoms with E-state index in [0.717, 1.165) is 18.4 Å². The number of carbonyl (C=O) groups is 2. The average Bonchev–Trinajstić information content (AvgIpc) is 3.03. The van der Waals surface area contributed by atoms with Crippen molar-refractivity contribution >= 4 is 11.9 Å². The van der Waals surface area contributed by atoms with E-state index in [1.807, 2.05) is 44.2 Å². The predicted octanol–water partition coefficient (Wildman–Crippen LogP) is 3.28. The van der Waals surface area contributed by atoms with E-state index in [2.05, 4.69) is 10.5 Å². The number of unbranched alkanes of at least 4 members (excludes halogenated alkanes) is 1. The van der Waals surface area contributed by atoms with Crippen molar-refractivity contribution in [1.82, 2.24) is 10.5 Å². The maximum absolute atomic E-state index is 12.7. The molecule has 0 bridgehead atoms. The molecule has 0 radical (unpaired) electrons. The normalized spacial score (nSPS) is 11.9. The molecule has 6 heteroatoms. The van der Waals surface area contributed by atoms with Gasteiger partial charge in [-0.15, -0.1) is 0 Å². The molecule has 0 saturated heterocycles. The standard InChI is InChI=1S/C18H22N2O4/c1-3-5-11-13(18(22)23)19-17(21)15-14(4-2)24-20-16(15)12-9-7-6-8-10-12/h6-10,13H,3-5,11H2,1-2H3,(H,19,21)(H,22,23)/t13-/m0/s1. The summed E-state index contributed by atoms with van der Waals surface area (Å²) in [6, 6.07) is 8.31. The molecule has 1 aromatic heterocycles. The van der Waals surface area contributed by atoms with Crippen molar-refractivity contribution in [3.05, 3.63) is 41.7 Å². The lowest BCUT2D eigenvalue weighted by atomic mass is 10.0. The van der Waals surface area contributed by atoms with E-state index in [0.29, 0.717) is 29.9 Å². The van der Waals surface area contributed by atoms with Crippen LogP contribution in [0.1, 0.15) is 49.2 Å². The summed E-state index contributed by atoms with van der Waals surface area (Å²) in [4.78, 5) is 24.0. The molecule has 0 saturated carbocycles. The monoisotopic (exact) mass is 330 g/mol. The predicted molar refractivity (Wildman–Crippen MR) is 89.7 cm³/mol. The van der Waals surface area contributed by atoms with Crippen LogP contribution in [0.25, 0.3) is 11.3 Å². The third kappa shape index (κ3) is 4.01. The second kappa shape index (κ2) is 8.29. The maximum Gasteiger partial charge on any atom is 0.326 e. The number of aromatic nitrogens is 1. The summed E-state index contributed by atoms with van der Waals surface area (Å²) < 4.78 is 5.29. The van der Waals surface area contributed by atoms with Gasteiger partial charge < -0.3 is 14.9 Å². The Morgan fingerprint density at radius 1 is 1.25 bits per heavy atom. The molecule has 0 unspecified atom stereocenters. The first kappa shape index (κ1) is 17.7. The Kier molecular flexibility index (Phi) is 6.12. The van der Waals surface area contributed by atoms with Crippen molar-refractivity contribution in [3.8, 4) is 11.3 Å². The van der Waals surface area contributed by atoms with Gasteiger partial charge in [-0.25, -0.2) is 4.79 Å². The molecule has 128 valence electrons. The van der Waals surface area contributed by atoms with Crippen LogP contribution in [0, 0.1) is 0 Å². The van der Waals surface area contributed by atoms with Crippen LogP contribution in [0.5, 0.6) is 0 Å².